The van der Waals surface area contributed by atoms with Crippen LogP contribution in [0.3, 0.4) is 0 Å². The number of pyridine rings is 1. The van der Waals surface area contributed by atoms with Crippen molar-refractivity contribution in [2.45, 2.75) is 39.7 Å². The number of ether oxygens (including phenoxy) is 2. The first kappa shape index (κ1) is 19.2. The molecule has 27 heavy (non-hydrogen) atoms. The molecule has 1 fully saturated rings. The Morgan fingerprint density at radius 2 is 2.07 bits per heavy atom. The maximum atomic E-state index is 13.5. The average Bonchev–Trinajstić information content (AvgIpc) is 3.07. The minimum absolute atomic E-state index is 0.0281. The van der Waals surface area contributed by atoms with Gasteiger partial charge < -0.3 is 19.4 Å². The van der Waals surface area contributed by atoms with E-state index in [0.717, 1.165) is 11.8 Å². The predicted octanol–water partition coefficient (Wildman–Crippen LogP) is 3.65. The lowest BCUT2D eigenvalue weighted by Gasteiger charge is -2.37. The van der Waals surface area contributed by atoms with Crippen LogP contribution < -0.4 is 4.74 Å². The number of ketones is 1. The van der Waals surface area contributed by atoms with E-state index in [1.165, 1.54) is 7.11 Å². The molecule has 0 bridgehead atoms. The molecule has 0 radical (unpaired) electrons. The molecule has 0 saturated carbocycles. The van der Waals surface area contributed by atoms with Crippen molar-refractivity contribution in [3.05, 3.63) is 24.0 Å². The molecule has 2 unspecified atom stereocenters. The minimum Gasteiger partial charge on any atom is -0.494 e. The van der Waals surface area contributed by atoms with E-state index in [0.29, 0.717) is 30.0 Å². The van der Waals surface area contributed by atoms with Gasteiger partial charge in [-0.05, 0) is 39.2 Å². The van der Waals surface area contributed by atoms with E-state index in [-0.39, 0.29) is 23.7 Å². The van der Waals surface area contributed by atoms with Gasteiger partial charge in [-0.1, -0.05) is 6.92 Å². The number of aromatic amines is 1. The van der Waals surface area contributed by atoms with Gasteiger partial charge in [-0.15, -0.1) is 0 Å². The number of H-pyrrole nitrogens is 1. The van der Waals surface area contributed by atoms with E-state index in [9.17, 15) is 9.59 Å². The highest BCUT2D eigenvalue weighted by Gasteiger charge is 2.37. The fraction of sp³-hybridized carbons (Fsp3) is 0.550. The summed E-state index contributed by atoms with van der Waals surface area (Å²) in [7, 11) is 1.53. The predicted molar refractivity (Wildman–Crippen MR) is 102 cm³/mol. The Labute approximate surface area is 159 Å². The highest BCUT2D eigenvalue weighted by Crippen LogP contribution is 2.33. The highest BCUT2D eigenvalue weighted by atomic mass is 16.6. The minimum atomic E-state index is -0.564. The Morgan fingerprint density at radius 1 is 1.33 bits per heavy atom. The van der Waals surface area contributed by atoms with Gasteiger partial charge >= 0.3 is 6.09 Å². The third kappa shape index (κ3) is 3.91. The zero-order valence-corrected chi connectivity index (χ0v) is 16.5. The zero-order chi connectivity index (χ0) is 19.8. The molecule has 0 spiro atoms. The number of hydrogen-bond acceptors (Lipinski definition) is 5. The normalized spacial score (nSPS) is 20.6. The Morgan fingerprint density at radius 3 is 2.74 bits per heavy atom. The molecule has 7 heteroatoms. The molecule has 1 aliphatic heterocycles. The molecular formula is C20H27N3O4. The SMILES string of the molecule is COc1cnc2[nH]ccc2c1C(=O)C1CN(C(=O)OC(C)(C)C)CCC1C. The van der Waals surface area contributed by atoms with Gasteiger partial charge in [0.05, 0.1) is 18.9 Å². The molecular weight excluding hydrogens is 346 g/mol. The van der Waals surface area contributed by atoms with Crippen LogP contribution in [0.5, 0.6) is 5.75 Å². The van der Waals surface area contributed by atoms with E-state index >= 15 is 0 Å². The first-order valence-electron chi connectivity index (χ1n) is 9.23. The van der Waals surface area contributed by atoms with Crippen LogP contribution in [0.2, 0.25) is 0 Å². The number of piperidine rings is 1. The summed E-state index contributed by atoms with van der Waals surface area (Å²) in [5.74, 6) is 0.261. The van der Waals surface area contributed by atoms with Gasteiger partial charge in [0.1, 0.15) is 17.0 Å². The number of rotatable bonds is 3. The third-order valence-corrected chi connectivity index (χ3v) is 4.96. The second-order valence-electron chi connectivity index (χ2n) is 8.10. The number of carbonyl (C=O) groups excluding carboxylic acids is 2. The lowest BCUT2D eigenvalue weighted by atomic mass is 9.81. The fourth-order valence-corrected chi connectivity index (χ4v) is 3.49. The molecule has 3 heterocycles. The van der Waals surface area contributed by atoms with Gasteiger partial charge in [-0.25, -0.2) is 9.78 Å². The van der Waals surface area contributed by atoms with Crippen LogP contribution in [-0.4, -0.2) is 52.5 Å². The van der Waals surface area contributed by atoms with Crippen molar-refractivity contribution in [1.82, 2.24) is 14.9 Å². The summed E-state index contributed by atoms with van der Waals surface area (Å²) in [6.07, 6.45) is 3.69. The first-order chi connectivity index (χ1) is 12.7. The molecule has 1 N–H and O–H groups in total. The van der Waals surface area contributed by atoms with Gasteiger partial charge in [0, 0.05) is 30.6 Å². The molecule has 0 aliphatic carbocycles. The third-order valence-electron chi connectivity index (χ3n) is 4.96. The molecule has 146 valence electrons. The second-order valence-corrected chi connectivity index (χ2v) is 8.10. The summed E-state index contributed by atoms with van der Waals surface area (Å²) in [6.45, 7) is 8.50. The van der Waals surface area contributed by atoms with Crippen molar-refractivity contribution in [3.63, 3.8) is 0 Å². The van der Waals surface area contributed by atoms with Crippen molar-refractivity contribution in [3.8, 4) is 5.75 Å². The topological polar surface area (TPSA) is 84.5 Å². The first-order valence-corrected chi connectivity index (χ1v) is 9.23. The molecule has 2 atom stereocenters. The van der Waals surface area contributed by atoms with Gasteiger partial charge in [0.15, 0.2) is 5.78 Å². The quantitative estimate of drug-likeness (QED) is 0.830. The number of nitrogens with zero attached hydrogens (tertiary/aromatic N) is 2. The van der Waals surface area contributed by atoms with Gasteiger partial charge in [-0.3, -0.25) is 4.79 Å². The Balaban J connectivity index is 1.89. The van der Waals surface area contributed by atoms with E-state index in [4.69, 9.17) is 9.47 Å². The Hall–Kier alpha value is -2.57. The molecule has 2 aromatic heterocycles. The highest BCUT2D eigenvalue weighted by molar-refractivity contribution is 6.10. The van der Waals surface area contributed by atoms with Crippen molar-refractivity contribution >= 4 is 22.9 Å². The largest absolute Gasteiger partial charge is 0.494 e. The van der Waals surface area contributed by atoms with Crippen LogP contribution in [0.15, 0.2) is 18.5 Å². The van der Waals surface area contributed by atoms with Crippen molar-refractivity contribution in [1.29, 1.82) is 0 Å². The Kier molecular flexibility index (Phi) is 5.13. The van der Waals surface area contributed by atoms with Crippen LogP contribution >= 0.6 is 0 Å². The number of carbonyl (C=O) groups is 2. The lowest BCUT2D eigenvalue weighted by Crippen LogP contribution is -2.47. The van der Waals surface area contributed by atoms with Gasteiger partial charge in [0.25, 0.3) is 0 Å². The van der Waals surface area contributed by atoms with Crippen LogP contribution in [0, 0.1) is 11.8 Å². The van der Waals surface area contributed by atoms with Crippen molar-refractivity contribution < 1.29 is 19.1 Å². The van der Waals surface area contributed by atoms with Gasteiger partial charge in [-0.2, -0.15) is 0 Å². The monoisotopic (exact) mass is 373 g/mol. The van der Waals surface area contributed by atoms with Crippen LogP contribution in [-0.2, 0) is 4.74 Å². The van der Waals surface area contributed by atoms with Crippen molar-refractivity contribution in [2.75, 3.05) is 20.2 Å². The molecule has 1 saturated heterocycles. The van der Waals surface area contributed by atoms with E-state index in [1.807, 2.05) is 26.8 Å². The van der Waals surface area contributed by atoms with E-state index in [2.05, 4.69) is 16.9 Å². The summed E-state index contributed by atoms with van der Waals surface area (Å²) in [5.41, 5.74) is 0.601. The lowest BCUT2D eigenvalue weighted by molar-refractivity contribution is 0.0124. The number of amides is 1. The number of Topliss-reactive ketones (excluding diaryl/α,β-unsaturated/α-hetero) is 1. The number of methoxy groups -OCH3 is 1. The maximum Gasteiger partial charge on any atom is 0.410 e. The van der Waals surface area contributed by atoms with Crippen LogP contribution in [0.4, 0.5) is 4.79 Å². The molecule has 1 aliphatic rings. The smallest absolute Gasteiger partial charge is 0.410 e. The molecule has 2 aromatic rings. The zero-order valence-electron chi connectivity index (χ0n) is 16.5. The number of fused-ring (bicyclic) bond motifs is 1. The van der Waals surface area contributed by atoms with Crippen LogP contribution in [0.25, 0.3) is 11.0 Å². The molecule has 1 amide bonds. The summed E-state index contributed by atoms with van der Waals surface area (Å²) >= 11 is 0. The summed E-state index contributed by atoms with van der Waals surface area (Å²) in [5, 5.41) is 0.737. The van der Waals surface area contributed by atoms with Crippen molar-refractivity contribution in [2.24, 2.45) is 11.8 Å². The molecule has 7 nitrogen and oxygen atoms in total. The Bertz CT molecular complexity index is 853. The molecule has 3 rings (SSSR count). The number of aromatic nitrogens is 2. The second kappa shape index (κ2) is 7.21. The number of likely N-dealkylation sites (tertiary alicyclic amines) is 1. The van der Waals surface area contributed by atoms with Gasteiger partial charge in [0.2, 0.25) is 0 Å². The van der Waals surface area contributed by atoms with E-state index < -0.39 is 5.60 Å². The standard InChI is InChI=1S/C20H27N3O4/c1-12-7-9-23(19(25)27-20(2,3)4)11-14(12)17(24)16-13-6-8-21-18(13)22-10-15(16)26-5/h6,8,10,12,14H,7,9,11H2,1-5H3,(H,21,22). The summed E-state index contributed by atoms with van der Waals surface area (Å²) < 4.78 is 10.9. The summed E-state index contributed by atoms with van der Waals surface area (Å²) in [6, 6.07) is 1.83. The number of nitrogens with one attached hydrogen (secondary N) is 1. The number of hydrogen-bond donors (Lipinski definition) is 1. The fourth-order valence-electron chi connectivity index (χ4n) is 3.49. The van der Waals surface area contributed by atoms with E-state index in [1.54, 1.807) is 17.3 Å². The van der Waals surface area contributed by atoms with Crippen LogP contribution in [0.1, 0.15) is 44.5 Å². The maximum absolute atomic E-state index is 13.5. The average molecular weight is 373 g/mol. The molecule has 0 aromatic carbocycles. The summed E-state index contributed by atoms with van der Waals surface area (Å²) in [4.78, 5) is 34.9.